The van der Waals surface area contributed by atoms with Crippen LogP contribution >= 0.6 is 0 Å². The van der Waals surface area contributed by atoms with Gasteiger partial charge < -0.3 is 14.7 Å². The minimum absolute atomic E-state index is 0.202. The van der Waals surface area contributed by atoms with E-state index in [1.807, 2.05) is 29.3 Å². The summed E-state index contributed by atoms with van der Waals surface area (Å²) < 4.78 is 0. The van der Waals surface area contributed by atoms with Gasteiger partial charge in [-0.2, -0.15) is 0 Å². The van der Waals surface area contributed by atoms with Crippen LogP contribution in [0.5, 0.6) is 0 Å². The fourth-order valence-corrected chi connectivity index (χ4v) is 3.23. The monoisotopic (exact) mass is 331 g/mol. The predicted octanol–water partition coefficient (Wildman–Crippen LogP) is -0.106. The standard InChI is InChI=1S/C17H25N5O2/c23-15-20-9-13-22(14-10-20)17(24)4-6-19-7-11-21(12-8-19)16-3-1-2-5-18-16/h1-3,5,15H,4,6-14H2. The summed E-state index contributed by atoms with van der Waals surface area (Å²) in [7, 11) is 0. The van der Waals surface area contributed by atoms with Crippen LogP contribution in [0.25, 0.3) is 0 Å². The Morgan fingerprint density at radius 2 is 1.79 bits per heavy atom. The molecule has 0 saturated carbocycles. The highest BCUT2D eigenvalue weighted by molar-refractivity contribution is 5.76. The Hall–Kier alpha value is -2.15. The molecule has 2 saturated heterocycles. The molecule has 2 aliphatic heterocycles. The van der Waals surface area contributed by atoms with Crippen LogP contribution in [0.15, 0.2) is 24.4 Å². The Balaban J connectivity index is 1.37. The third kappa shape index (κ3) is 4.23. The number of piperazine rings is 2. The van der Waals surface area contributed by atoms with Crippen LogP contribution < -0.4 is 4.90 Å². The number of pyridine rings is 1. The summed E-state index contributed by atoms with van der Waals surface area (Å²) in [6.07, 6.45) is 3.25. The lowest BCUT2D eigenvalue weighted by molar-refractivity contribution is -0.135. The largest absolute Gasteiger partial charge is 0.354 e. The van der Waals surface area contributed by atoms with E-state index in [1.165, 1.54) is 0 Å². The van der Waals surface area contributed by atoms with Crippen molar-refractivity contribution in [2.45, 2.75) is 6.42 Å². The lowest BCUT2D eigenvalue weighted by Crippen LogP contribution is -2.50. The van der Waals surface area contributed by atoms with E-state index in [9.17, 15) is 9.59 Å². The smallest absolute Gasteiger partial charge is 0.223 e. The second-order valence-electron chi connectivity index (χ2n) is 6.29. The van der Waals surface area contributed by atoms with E-state index in [2.05, 4.69) is 14.8 Å². The molecule has 1 aromatic rings. The molecule has 0 aromatic carbocycles. The van der Waals surface area contributed by atoms with Crippen molar-refractivity contribution in [3.05, 3.63) is 24.4 Å². The Kier molecular flexibility index (Phi) is 5.63. The second kappa shape index (κ2) is 8.10. The van der Waals surface area contributed by atoms with Crippen LogP contribution in [-0.4, -0.2) is 90.9 Å². The van der Waals surface area contributed by atoms with Gasteiger partial charge in [-0.1, -0.05) is 6.07 Å². The first-order valence-electron chi connectivity index (χ1n) is 8.62. The zero-order valence-corrected chi connectivity index (χ0v) is 14.0. The third-order valence-electron chi connectivity index (χ3n) is 4.80. The summed E-state index contributed by atoms with van der Waals surface area (Å²) in [5, 5.41) is 0. The lowest BCUT2D eigenvalue weighted by Gasteiger charge is -2.36. The summed E-state index contributed by atoms with van der Waals surface area (Å²) in [4.78, 5) is 35.6. The number of amides is 2. The van der Waals surface area contributed by atoms with Crippen LogP contribution in [0.2, 0.25) is 0 Å². The first kappa shape index (κ1) is 16.7. The van der Waals surface area contributed by atoms with Gasteiger partial charge in [0.25, 0.3) is 0 Å². The maximum absolute atomic E-state index is 12.3. The molecule has 2 aliphatic rings. The van der Waals surface area contributed by atoms with E-state index in [0.29, 0.717) is 32.6 Å². The Labute approximate surface area is 142 Å². The van der Waals surface area contributed by atoms with Gasteiger partial charge in [0.2, 0.25) is 12.3 Å². The van der Waals surface area contributed by atoms with Crippen molar-refractivity contribution in [3.8, 4) is 0 Å². The van der Waals surface area contributed by atoms with E-state index < -0.39 is 0 Å². The zero-order valence-electron chi connectivity index (χ0n) is 14.0. The van der Waals surface area contributed by atoms with Crippen LogP contribution in [0, 0.1) is 0 Å². The van der Waals surface area contributed by atoms with Crippen molar-refractivity contribution >= 4 is 18.1 Å². The van der Waals surface area contributed by atoms with Gasteiger partial charge >= 0.3 is 0 Å². The molecule has 130 valence electrons. The Morgan fingerprint density at radius 1 is 1.04 bits per heavy atom. The van der Waals surface area contributed by atoms with Gasteiger partial charge in [0.1, 0.15) is 5.82 Å². The van der Waals surface area contributed by atoms with Crippen molar-refractivity contribution in [3.63, 3.8) is 0 Å². The van der Waals surface area contributed by atoms with Crippen molar-refractivity contribution in [2.24, 2.45) is 0 Å². The van der Waals surface area contributed by atoms with E-state index in [-0.39, 0.29) is 5.91 Å². The number of hydrogen-bond acceptors (Lipinski definition) is 5. The molecule has 1 aromatic heterocycles. The Bertz CT molecular complexity index is 537. The maximum atomic E-state index is 12.3. The van der Waals surface area contributed by atoms with Gasteiger partial charge in [-0.3, -0.25) is 14.5 Å². The van der Waals surface area contributed by atoms with Crippen molar-refractivity contribution in [2.75, 3.05) is 63.8 Å². The van der Waals surface area contributed by atoms with Crippen LogP contribution in [0.3, 0.4) is 0 Å². The van der Waals surface area contributed by atoms with Crippen molar-refractivity contribution in [1.29, 1.82) is 0 Å². The molecule has 0 aliphatic carbocycles. The first-order chi connectivity index (χ1) is 11.8. The van der Waals surface area contributed by atoms with Crippen molar-refractivity contribution < 1.29 is 9.59 Å². The van der Waals surface area contributed by atoms with Gasteiger partial charge in [-0.25, -0.2) is 4.98 Å². The highest BCUT2D eigenvalue weighted by Crippen LogP contribution is 2.13. The normalized spacial score (nSPS) is 19.4. The van der Waals surface area contributed by atoms with E-state index in [0.717, 1.165) is 45.0 Å². The van der Waals surface area contributed by atoms with Crippen molar-refractivity contribution in [1.82, 2.24) is 19.7 Å². The molecule has 0 unspecified atom stereocenters. The zero-order chi connectivity index (χ0) is 16.8. The summed E-state index contributed by atoms with van der Waals surface area (Å²) in [6, 6.07) is 5.98. The first-order valence-corrected chi connectivity index (χ1v) is 8.62. The van der Waals surface area contributed by atoms with Crippen LogP contribution in [0.1, 0.15) is 6.42 Å². The fraction of sp³-hybridized carbons (Fsp3) is 0.588. The number of nitrogens with zero attached hydrogens (tertiary/aromatic N) is 5. The Morgan fingerprint density at radius 3 is 2.42 bits per heavy atom. The highest BCUT2D eigenvalue weighted by atomic mass is 16.2. The van der Waals surface area contributed by atoms with E-state index >= 15 is 0 Å². The molecule has 3 heterocycles. The SMILES string of the molecule is O=CN1CCN(C(=O)CCN2CCN(c3ccccn3)CC2)CC1. The lowest BCUT2D eigenvalue weighted by atomic mass is 10.2. The van der Waals surface area contributed by atoms with Crippen LogP contribution in [0.4, 0.5) is 5.82 Å². The third-order valence-corrected chi connectivity index (χ3v) is 4.80. The van der Waals surface area contributed by atoms with E-state index in [1.54, 1.807) is 4.90 Å². The molecule has 0 atom stereocenters. The molecular weight excluding hydrogens is 306 g/mol. The molecule has 2 amide bonds. The quantitative estimate of drug-likeness (QED) is 0.705. The van der Waals surface area contributed by atoms with Gasteiger partial charge in [0.05, 0.1) is 0 Å². The number of anilines is 1. The van der Waals surface area contributed by atoms with Gasteiger partial charge in [0.15, 0.2) is 0 Å². The number of hydrogen-bond donors (Lipinski definition) is 0. The summed E-state index contributed by atoms with van der Waals surface area (Å²) in [5.74, 6) is 1.23. The number of carbonyl (C=O) groups is 2. The minimum atomic E-state index is 0.202. The average molecular weight is 331 g/mol. The molecule has 0 spiro atoms. The summed E-state index contributed by atoms with van der Waals surface area (Å²) >= 11 is 0. The minimum Gasteiger partial charge on any atom is -0.354 e. The molecule has 7 heteroatoms. The molecule has 7 nitrogen and oxygen atoms in total. The van der Waals surface area contributed by atoms with E-state index in [4.69, 9.17) is 0 Å². The summed E-state index contributed by atoms with van der Waals surface area (Å²) in [5.41, 5.74) is 0. The topological polar surface area (TPSA) is 60.0 Å². The number of carbonyl (C=O) groups excluding carboxylic acids is 2. The number of aromatic nitrogens is 1. The molecule has 3 rings (SSSR count). The average Bonchev–Trinajstić information content (AvgIpc) is 2.67. The molecule has 0 N–H and O–H groups in total. The fourth-order valence-electron chi connectivity index (χ4n) is 3.23. The molecule has 0 radical (unpaired) electrons. The van der Waals surface area contributed by atoms with Gasteiger partial charge in [-0.05, 0) is 12.1 Å². The molecule has 24 heavy (non-hydrogen) atoms. The summed E-state index contributed by atoms with van der Waals surface area (Å²) in [6.45, 7) is 7.24. The molecular formula is C17H25N5O2. The molecule has 0 bridgehead atoms. The van der Waals surface area contributed by atoms with Gasteiger partial charge in [-0.15, -0.1) is 0 Å². The highest BCUT2D eigenvalue weighted by Gasteiger charge is 2.22. The second-order valence-corrected chi connectivity index (χ2v) is 6.29. The predicted molar refractivity (Wildman–Crippen MR) is 91.7 cm³/mol. The number of rotatable bonds is 5. The molecule has 2 fully saturated rings. The van der Waals surface area contributed by atoms with Crippen LogP contribution in [-0.2, 0) is 9.59 Å². The van der Waals surface area contributed by atoms with Gasteiger partial charge in [0, 0.05) is 71.5 Å². The maximum Gasteiger partial charge on any atom is 0.223 e.